The number of nitrogens with zero attached hydrogens (tertiary/aromatic N) is 4. The van der Waals surface area contributed by atoms with E-state index in [4.69, 9.17) is 0 Å². The predicted octanol–water partition coefficient (Wildman–Crippen LogP) is 3.63. The first kappa shape index (κ1) is 18.1. The maximum atomic E-state index is 12.3. The van der Waals surface area contributed by atoms with Gasteiger partial charge >= 0.3 is 0 Å². The molecule has 6 nitrogen and oxygen atoms in total. The van der Waals surface area contributed by atoms with Gasteiger partial charge < -0.3 is 5.32 Å². The van der Waals surface area contributed by atoms with Crippen LogP contribution < -0.4 is 5.32 Å². The van der Waals surface area contributed by atoms with E-state index in [1.807, 2.05) is 64.1 Å². The maximum Gasteiger partial charge on any atom is 0.234 e. The summed E-state index contributed by atoms with van der Waals surface area (Å²) in [5, 5.41) is 15.5. The summed E-state index contributed by atoms with van der Waals surface area (Å²) in [6.07, 6.45) is 0. The summed E-state index contributed by atoms with van der Waals surface area (Å²) in [5.41, 5.74) is 6.16. The molecule has 3 aromatic rings. The van der Waals surface area contributed by atoms with E-state index < -0.39 is 0 Å². The smallest absolute Gasteiger partial charge is 0.234 e. The van der Waals surface area contributed by atoms with E-state index in [0.29, 0.717) is 5.16 Å². The second kappa shape index (κ2) is 7.70. The largest absolute Gasteiger partial charge is 0.325 e. The van der Waals surface area contributed by atoms with Crippen molar-refractivity contribution in [2.45, 2.75) is 32.9 Å². The van der Waals surface area contributed by atoms with E-state index in [0.717, 1.165) is 28.1 Å². The van der Waals surface area contributed by atoms with Crippen LogP contribution in [-0.2, 0) is 4.79 Å². The number of para-hydroxylation sites is 1. The standard InChI is InChI=1S/C19H21N5OS/c1-12-8-9-16(15(4)10-12)20-17(25)11-26-19-21-22-23-24(19)18-13(2)6-5-7-14(18)3/h5-10H,11H2,1-4H3,(H,20,25). The average molecular weight is 367 g/mol. The van der Waals surface area contributed by atoms with Crippen molar-refractivity contribution in [2.24, 2.45) is 0 Å². The lowest BCUT2D eigenvalue weighted by Gasteiger charge is -2.11. The molecule has 0 spiro atoms. The normalized spacial score (nSPS) is 10.8. The highest BCUT2D eigenvalue weighted by atomic mass is 32.2. The van der Waals surface area contributed by atoms with Crippen molar-refractivity contribution in [3.8, 4) is 5.69 Å². The topological polar surface area (TPSA) is 72.7 Å². The van der Waals surface area contributed by atoms with Gasteiger partial charge in [0, 0.05) is 5.69 Å². The van der Waals surface area contributed by atoms with Crippen LogP contribution in [-0.4, -0.2) is 31.9 Å². The molecular formula is C19H21N5OS. The molecule has 3 rings (SSSR count). The van der Waals surface area contributed by atoms with Gasteiger partial charge in [0.15, 0.2) is 0 Å². The first-order valence-corrected chi connectivity index (χ1v) is 9.29. The van der Waals surface area contributed by atoms with Gasteiger partial charge in [0.05, 0.1) is 11.4 Å². The van der Waals surface area contributed by atoms with E-state index in [1.165, 1.54) is 17.3 Å². The molecule has 0 bridgehead atoms. The number of benzene rings is 2. The molecule has 0 atom stereocenters. The van der Waals surface area contributed by atoms with Crippen LogP contribution in [0.2, 0.25) is 0 Å². The van der Waals surface area contributed by atoms with Crippen LogP contribution in [0.5, 0.6) is 0 Å². The molecule has 0 aliphatic heterocycles. The molecule has 0 fully saturated rings. The number of anilines is 1. The Balaban J connectivity index is 1.71. The molecule has 0 aliphatic rings. The fraction of sp³-hybridized carbons (Fsp3) is 0.263. The Kier molecular flexibility index (Phi) is 5.37. The minimum absolute atomic E-state index is 0.0852. The van der Waals surface area contributed by atoms with Crippen LogP contribution in [0.3, 0.4) is 0 Å². The third kappa shape index (κ3) is 3.94. The Bertz CT molecular complexity index is 931. The predicted molar refractivity (Wildman–Crippen MR) is 104 cm³/mol. The third-order valence-electron chi connectivity index (χ3n) is 4.08. The zero-order chi connectivity index (χ0) is 18.7. The lowest BCUT2D eigenvalue weighted by atomic mass is 10.1. The highest BCUT2D eigenvalue weighted by Gasteiger charge is 2.15. The van der Waals surface area contributed by atoms with Crippen molar-refractivity contribution < 1.29 is 4.79 Å². The van der Waals surface area contributed by atoms with Gasteiger partial charge in [0.1, 0.15) is 0 Å². The Morgan fingerprint density at radius 2 is 1.81 bits per heavy atom. The van der Waals surface area contributed by atoms with Gasteiger partial charge in [-0.1, -0.05) is 47.7 Å². The minimum atomic E-state index is -0.0852. The summed E-state index contributed by atoms with van der Waals surface area (Å²) in [7, 11) is 0. The highest BCUT2D eigenvalue weighted by Crippen LogP contribution is 2.24. The molecule has 7 heteroatoms. The number of amides is 1. The number of tetrazole rings is 1. The molecule has 1 N–H and O–H groups in total. The number of hydrogen-bond acceptors (Lipinski definition) is 5. The molecule has 1 aromatic heterocycles. The highest BCUT2D eigenvalue weighted by molar-refractivity contribution is 7.99. The molecule has 2 aromatic carbocycles. The Labute approximate surface area is 157 Å². The summed E-state index contributed by atoms with van der Waals surface area (Å²) in [6.45, 7) is 8.05. The second-order valence-corrected chi connectivity index (χ2v) is 7.21. The van der Waals surface area contributed by atoms with Crippen molar-refractivity contribution in [3.63, 3.8) is 0 Å². The zero-order valence-corrected chi connectivity index (χ0v) is 16.1. The monoisotopic (exact) mass is 367 g/mol. The number of hydrogen-bond donors (Lipinski definition) is 1. The summed E-state index contributed by atoms with van der Waals surface area (Å²) in [5.74, 6) is 0.150. The van der Waals surface area contributed by atoms with Gasteiger partial charge in [0.25, 0.3) is 0 Å². The second-order valence-electron chi connectivity index (χ2n) is 6.27. The Hall–Kier alpha value is -2.67. The number of aryl methyl sites for hydroxylation is 4. The van der Waals surface area contributed by atoms with E-state index >= 15 is 0 Å². The van der Waals surface area contributed by atoms with Crippen LogP contribution in [0.1, 0.15) is 22.3 Å². The molecule has 0 saturated heterocycles. The van der Waals surface area contributed by atoms with Crippen molar-refractivity contribution in [1.82, 2.24) is 20.2 Å². The van der Waals surface area contributed by atoms with Gasteiger partial charge in [0.2, 0.25) is 11.1 Å². The van der Waals surface area contributed by atoms with Crippen molar-refractivity contribution in [1.29, 1.82) is 0 Å². The summed E-state index contributed by atoms with van der Waals surface area (Å²) in [6, 6.07) is 12.0. The summed E-state index contributed by atoms with van der Waals surface area (Å²) >= 11 is 1.32. The molecule has 0 unspecified atom stereocenters. The molecule has 1 heterocycles. The molecule has 134 valence electrons. The number of rotatable bonds is 5. The number of aromatic nitrogens is 4. The Morgan fingerprint density at radius 1 is 1.08 bits per heavy atom. The van der Waals surface area contributed by atoms with Crippen LogP contribution in [0.25, 0.3) is 5.69 Å². The lowest BCUT2D eigenvalue weighted by molar-refractivity contribution is -0.113. The van der Waals surface area contributed by atoms with Crippen LogP contribution in [0, 0.1) is 27.7 Å². The van der Waals surface area contributed by atoms with Crippen molar-refractivity contribution in [2.75, 3.05) is 11.1 Å². The number of nitrogens with one attached hydrogen (secondary N) is 1. The minimum Gasteiger partial charge on any atom is -0.325 e. The molecular weight excluding hydrogens is 346 g/mol. The lowest BCUT2D eigenvalue weighted by Crippen LogP contribution is -2.15. The molecule has 0 radical (unpaired) electrons. The van der Waals surface area contributed by atoms with E-state index in [9.17, 15) is 4.79 Å². The fourth-order valence-corrected chi connectivity index (χ4v) is 3.50. The molecule has 0 saturated carbocycles. The van der Waals surface area contributed by atoms with Crippen LogP contribution >= 0.6 is 11.8 Å². The van der Waals surface area contributed by atoms with Gasteiger partial charge in [-0.15, -0.1) is 5.10 Å². The zero-order valence-electron chi connectivity index (χ0n) is 15.3. The van der Waals surface area contributed by atoms with Crippen LogP contribution in [0.4, 0.5) is 5.69 Å². The molecule has 26 heavy (non-hydrogen) atoms. The summed E-state index contributed by atoms with van der Waals surface area (Å²) < 4.78 is 1.69. The SMILES string of the molecule is Cc1ccc(NC(=O)CSc2nnnn2-c2c(C)cccc2C)c(C)c1. The van der Waals surface area contributed by atoms with Crippen LogP contribution in [0.15, 0.2) is 41.6 Å². The Morgan fingerprint density at radius 3 is 2.50 bits per heavy atom. The van der Waals surface area contributed by atoms with Crippen molar-refractivity contribution in [3.05, 3.63) is 58.7 Å². The number of thioether (sulfide) groups is 1. The first-order chi connectivity index (χ1) is 12.5. The number of carbonyl (C=O) groups excluding carboxylic acids is 1. The quantitative estimate of drug-likeness (QED) is 0.697. The average Bonchev–Trinajstić information content (AvgIpc) is 3.04. The van der Waals surface area contributed by atoms with Gasteiger partial charge in [-0.3, -0.25) is 4.79 Å². The first-order valence-electron chi connectivity index (χ1n) is 8.30. The van der Waals surface area contributed by atoms with Gasteiger partial charge in [-0.25, -0.2) is 0 Å². The molecule has 0 aliphatic carbocycles. The van der Waals surface area contributed by atoms with Gasteiger partial charge in [-0.2, -0.15) is 4.68 Å². The number of carbonyl (C=O) groups is 1. The summed E-state index contributed by atoms with van der Waals surface area (Å²) in [4.78, 5) is 12.3. The molecule has 1 amide bonds. The van der Waals surface area contributed by atoms with Crippen molar-refractivity contribution >= 4 is 23.4 Å². The van der Waals surface area contributed by atoms with E-state index in [2.05, 4.69) is 20.8 Å². The third-order valence-corrected chi connectivity index (χ3v) is 5.00. The maximum absolute atomic E-state index is 12.3. The fourth-order valence-electron chi connectivity index (χ4n) is 2.82. The van der Waals surface area contributed by atoms with E-state index in [-0.39, 0.29) is 11.7 Å². The van der Waals surface area contributed by atoms with E-state index in [1.54, 1.807) is 4.68 Å². The van der Waals surface area contributed by atoms with Gasteiger partial charge in [-0.05, 0) is 60.9 Å².